The van der Waals surface area contributed by atoms with Crippen molar-refractivity contribution in [3.63, 3.8) is 0 Å². The van der Waals surface area contributed by atoms with Gasteiger partial charge in [-0.15, -0.1) is 0 Å². The van der Waals surface area contributed by atoms with Gasteiger partial charge in [0.25, 0.3) is 0 Å². The number of ether oxygens (including phenoxy) is 3. The summed E-state index contributed by atoms with van der Waals surface area (Å²) in [6.45, 7) is 17.6. The standard InChI is InChI=1S/C38H54O6Si2/c1-9-11-14-34(15-12-28-46(7,8)44-45(4,5)6)42-35-26-22-33(23-27-35)38(40)43-36-24-20-31(21-25-36)30-16-18-32(19-17-30)37(39)41-29(3)13-10-2/h16-27,29,34H,9-15,28H2,1-8H3/t29-,34?/m0/s1. The molecule has 0 aliphatic carbocycles. The van der Waals surface area contributed by atoms with Crippen LogP contribution in [0.3, 0.4) is 0 Å². The molecule has 0 N–H and O–H groups in total. The Labute approximate surface area is 279 Å². The summed E-state index contributed by atoms with van der Waals surface area (Å²) >= 11 is 0. The largest absolute Gasteiger partial charge is 0.490 e. The minimum atomic E-state index is -1.68. The van der Waals surface area contributed by atoms with Crippen molar-refractivity contribution in [2.75, 3.05) is 0 Å². The molecule has 0 heterocycles. The molecule has 0 aromatic heterocycles. The highest BCUT2D eigenvalue weighted by atomic mass is 28.4. The molecule has 0 aliphatic rings. The van der Waals surface area contributed by atoms with E-state index in [4.69, 9.17) is 18.3 Å². The van der Waals surface area contributed by atoms with Gasteiger partial charge in [0.1, 0.15) is 11.5 Å². The second kappa shape index (κ2) is 17.6. The quantitative estimate of drug-likeness (QED) is 0.0767. The van der Waals surface area contributed by atoms with Gasteiger partial charge in [-0.1, -0.05) is 63.8 Å². The summed E-state index contributed by atoms with van der Waals surface area (Å²) in [6, 6.07) is 23.0. The fourth-order valence-electron chi connectivity index (χ4n) is 5.59. The van der Waals surface area contributed by atoms with E-state index < -0.39 is 22.6 Å². The van der Waals surface area contributed by atoms with E-state index in [0.29, 0.717) is 16.9 Å². The van der Waals surface area contributed by atoms with Gasteiger partial charge in [0.05, 0.1) is 23.3 Å². The number of carbonyl (C=O) groups is 2. The maximum atomic E-state index is 12.9. The van der Waals surface area contributed by atoms with Crippen LogP contribution in [-0.4, -0.2) is 40.8 Å². The van der Waals surface area contributed by atoms with Crippen LogP contribution >= 0.6 is 0 Å². The molecular weight excluding hydrogens is 609 g/mol. The van der Waals surface area contributed by atoms with Gasteiger partial charge in [0, 0.05) is 0 Å². The Bertz CT molecular complexity index is 1360. The van der Waals surface area contributed by atoms with Crippen molar-refractivity contribution in [1.29, 1.82) is 0 Å². The van der Waals surface area contributed by atoms with E-state index >= 15 is 0 Å². The van der Waals surface area contributed by atoms with Crippen LogP contribution in [-0.2, 0) is 8.85 Å². The molecule has 0 saturated heterocycles. The molecule has 6 nitrogen and oxygen atoms in total. The minimum Gasteiger partial charge on any atom is -0.490 e. The summed E-state index contributed by atoms with van der Waals surface area (Å²) in [4.78, 5) is 25.3. The molecule has 0 bridgehead atoms. The molecule has 1 unspecified atom stereocenters. The van der Waals surface area contributed by atoms with E-state index in [0.717, 1.165) is 67.9 Å². The third-order valence-corrected chi connectivity index (χ3v) is 13.9. The SMILES string of the molecule is CCCCC(CCC[Si](C)(C)O[Si](C)(C)C)Oc1ccc(C(=O)Oc2ccc(-c3ccc(C(=O)O[C@@H](C)CCC)cc3)cc2)cc1. The van der Waals surface area contributed by atoms with Gasteiger partial charge in [-0.25, -0.2) is 9.59 Å². The lowest BCUT2D eigenvalue weighted by atomic mass is 10.0. The summed E-state index contributed by atoms with van der Waals surface area (Å²) in [5.41, 5.74) is 2.90. The molecule has 3 aromatic rings. The van der Waals surface area contributed by atoms with Crippen molar-refractivity contribution >= 4 is 28.6 Å². The number of carbonyl (C=O) groups excluding carboxylic acids is 2. The summed E-state index contributed by atoms with van der Waals surface area (Å²) in [5.74, 6) is 0.501. The van der Waals surface area contributed by atoms with Crippen LogP contribution in [0.25, 0.3) is 11.1 Å². The monoisotopic (exact) mass is 662 g/mol. The molecule has 0 amide bonds. The summed E-state index contributed by atoms with van der Waals surface area (Å²) in [6.07, 6.45) is 7.22. The number of unbranched alkanes of at least 4 members (excludes halogenated alkanes) is 1. The van der Waals surface area contributed by atoms with Gasteiger partial charge in [-0.05, 0) is 125 Å². The first-order valence-electron chi connectivity index (χ1n) is 16.9. The average molecular weight is 663 g/mol. The van der Waals surface area contributed by atoms with Crippen molar-refractivity contribution in [1.82, 2.24) is 0 Å². The molecule has 0 spiro atoms. The van der Waals surface area contributed by atoms with Gasteiger partial charge in [0.2, 0.25) is 0 Å². The molecule has 0 saturated carbocycles. The highest BCUT2D eigenvalue weighted by Crippen LogP contribution is 2.26. The fraction of sp³-hybridized carbons (Fsp3) is 0.474. The van der Waals surface area contributed by atoms with E-state index in [9.17, 15) is 9.59 Å². The first-order chi connectivity index (χ1) is 21.8. The molecule has 250 valence electrons. The van der Waals surface area contributed by atoms with Crippen molar-refractivity contribution in [3.05, 3.63) is 83.9 Å². The van der Waals surface area contributed by atoms with Gasteiger partial charge in [-0.2, -0.15) is 0 Å². The molecule has 8 heteroatoms. The van der Waals surface area contributed by atoms with E-state index in [1.807, 2.05) is 43.3 Å². The van der Waals surface area contributed by atoms with Crippen LogP contribution < -0.4 is 9.47 Å². The molecule has 46 heavy (non-hydrogen) atoms. The smallest absolute Gasteiger partial charge is 0.343 e. The third kappa shape index (κ3) is 12.9. The highest BCUT2D eigenvalue weighted by Gasteiger charge is 2.29. The molecule has 2 atom stereocenters. The van der Waals surface area contributed by atoms with E-state index in [-0.39, 0.29) is 18.2 Å². The van der Waals surface area contributed by atoms with Crippen molar-refractivity contribution in [2.24, 2.45) is 0 Å². The second-order valence-electron chi connectivity index (χ2n) is 13.8. The lowest BCUT2D eigenvalue weighted by Gasteiger charge is -2.32. The summed E-state index contributed by atoms with van der Waals surface area (Å²) in [5, 5.41) is 0. The third-order valence-electron chi connectivity index (χ3n) is 7.68. The Balaban J connectivity index is 1.54. The lowest BCUT2D eigenvalue weighted by Crippen LogP contribution is -2.42. The van der Waals surface area contributed by atoms with E-state index in [1.54, 1.807) is 36.4 Å². The van der Waals surface area contributed by atoms with Crippen LogP contribution in [0.1, 0.15) is 86.4 Å². The van der Waals surface area contributed by atoms with E-state index in [2.05, 4.69) is 46.6 Å². The molecule has 0 radical (unpaired) electrons. The van der Waals surface area contributed by atoms with Gasteiger partial charge in [-0.3, -0.25) is 0 Å². The van der Waals surface area contributed by atoms with E-state index in [1.165, 1.54) is 0 Å². The molecule has 0 aliphatic heterocycles. The summed E-state index contributed by atoms with van der Waals surface area (Å²) in [7, 11) is -3.21. The molecule has 0 fully saturated rings. The Kier molecular flexibility index (Phi) is 14.3. The number of hydrogen-bond acceptors (Lipinski definition) is 6. The summed E-state index contributed by atoms with van der Waals surface area (Å²) < 4.78 is 24.0. The number of esters is 2. The average Bonchev–Trinajstić information content (AvgIpc) is 2.99. The molecule has 3 rings (SSSR count). The van der Waals surface area contributed by atoms with Gasteiger partial charge < -0.3 is 18.3 Å². The van der Waals surface area contributed by atoms with Crippen LogP contribution in [0.2, 0.25) is 38.8 Å². The predicted molar refractivity (Wildman–Crippen MR) is 193 cm³/mol. The molecular formula is C38H54O6Si2. The number of benzene rings is 3. The number of hydrogen-bond donors (Lipinski definition) is 0. The topological polar surface area (TPSA) is 71.1 Å². The number of rotatable bonds is 18. The van der Waals surface area contributed by atoms with Crippen molar-refractivity contribution in [2.45, 2.75) is 117 Å². The fourth-order valence-corrected chi connectivity index (χ4v) is 13.7. The van der Waals surface area contributed by atoms with Crippen LogP contribution in [0.5, 0.6) is 11.5 Å². The Hall–Kier alpha value is -3.21. The zero-order valence-corrected chi connectivity index (χ0v) is 31.2. The van der Waals surface area contributed by atoms with Crippen LogP contribution in [0.15, 0.2) is 72.8 Å². The Morgan fingerprint density at radius 2 is 1.17 bits per heavy atom. The first-order valence-corrected chi connectivity index (χ1v) is 23.4. The first kappa shape index (κ1) is 37.3. The minimum absolute atomic E-state index is 0.101. The van der Waals surface area contributed by atoms with Gasteiger partial charge >= 0.3 is 11.9 Å². The van der Waals surface area contributed by atoms with Crippen LogP contribution in [0.4, 0.5) is 0 Å². The maximum Gasteiger partial charge on any atom is 0.343 e. The zero-order valence-electron chi connectivity index (χ0n) is 29.2. The zero-order chi connectivity index (χ0) is 33.7. The normalized spacial score (nSPS) is 13.1. The molecule has 3 aromatic carbocycles. The van der Waals surface area contributed by atoms with Crippen molar-refractivity contribution in [3.8, 4) is 22.6 Å². The Morgan fingerprint density at radius 1 is 0.652 bits per heavy atom. The Morgan fingerprint density at radius 3 is 1.74 bits per heavy atom. The predicted octanol–water partition coefficient (Wildman–Crippen LogP) is 10.7. The van der Waals surface area contributed by atoms with Crippen molar-refractivity contribution < 1.29 is 27.9 Å². The van der Waals surface area contributed by atoms with Gasteiger partial charge in [0.15, 0.2) is 16.6 Å². The van der Waals surface area contributed by atoms with Crippen LogP contribution in [0, 0.1) is 0 Å². The highest BCUT2D eigenvalue weighted by molar-refractivity contribution is 6.84. The lowest BCUT2D eigenvalue weighted by molar-refractivity contribution is 0.0323. The maximum absolute atomic E-state index is 12.9. The second-order valence-corrected chi connectivity index (χ2v) is 22.8.